The molecule has 1 saturated carbocycles. The van der Waals surface area contributed by atoms with Gasteiger partial charge in [0.05, 0.1) is 0 Å². The highest BCUT2D eigenvalue weighted by Crippen LogP contribution is 2.77. The molecule has 10 heteroatoms. The third kappa shape index (κ3) is 2.87. The highest BCUT2D eigenvalue weighted by Gasteiger charge is 2.93. The van der Waals surface area contributed by atoms with Crippen molar-refractivity contribution < 1.29 is 35.9 Å². The van der Waals surface area contributed by atoms with Crippen LogP contribution in [0.3, 0.4) is 0 Å². The molecule has 1 saturated heterocycles. The lowest BCUT2D eigenvalue weighted by molar-refractivity contribution is -0.314. The van der Waals surface area contributed by atoms with E-state index in [-0.39, 0.29) is 6.42 Å². The zero-order chi connectivity index (χ0) is 19.6. The summed E-state index contributed by atoms with van der Waals surface area (Å²) in [5.41, 5.74) is -4.43. The van der Waals surface area contributed by atoms with Gasteiger partial charge in [-0.15, -0.1) is 0 Å². The molecule has 0 spiro atoms. The number of hydrogen-bond donors (Lipinski definition) is 1. The van der Waals surface area contributed by atoms with Crippen molar-refractivity contribution in [2.75, 3.05) is 13.6 Å². The number of fused-ring (bicyclic) bond motifs is 1. The fraction of sp³-hybridized carbons (Fsp3) is 0.867. The van der Waals surface area contributed by atoms with Crippen LogP contribution in [-0.4, -0.2) is 48.7 Å². The summed E-state index contributed by atoms with van der Waals surface area (Å²) in [5.74, 6) is -5.48. The van der Waals surface area contributed by atoms with E-state index in [1.165, 1.54) is 0 Å². The first-order valence-electron chi connectivity index (χ1n) is 7.74. The van der Waals surface area contributed by atoms with Gasteiger partial charge in [-0.1, -0.05) is 20.8 Å². The Labute approximate surface area is 140 Å². The van der Waals surface area contributed by atoms with Crippen LogP contribution in [0.25, 0.3) is 0 Å². The van der Waals surface area contributed by atoms with Crippen molar-refractivity contribution in [3.8, 4) is 0 Å². The minimum Gasteiger partial charge on any atom is -0.357 e. The van der Waals surface area contributed by atoms with Crippen LogP contribution in [0.4, 0.5) is 26.3 Å². The second kappa shape index (κ2) is 5.51. The number of hydrogen-bond acceptors (Lipinski definition) is 2. The first-order chi connectivity index (χ1) is 11.1. The lowest BCUT2D eigenvalue weighted by Crippen LogP contribution is -2.55. The third-order valence-corrected chi connectivity index (χ3v) is 4.96. The van der Waals surface area contributed by atoms with Crippen LogP contribution in [0, 0.1) is 22.7 Å². The average molecular weight is 374 g/mol. The maximum Gasteiger partial charge on any atom is 0.403 e. The highest BCUT2D eigenvalue weighted by molar-refractivity contribution is 5.89. The topological polar surface area (TPSA) is 49.4 Å². The Hall–Kier alpha value is -1.48. The Bertz CT molecular complexity index is 564. The van der Waals surface area contributed by atoms with Gasteiger partial charge in [0.2, 0.25) is 11.8 Å². The molecular weight excluding hydrogens is 354 g/mol. The molecule has 4 nitrogen and oxygen atoms in total. The number of likely N-dealkylation sites (N-methyl/N-ethyl adjacent to an activating group) is 1. The quantitative estimate of drug-likeness (QED) is 0.756. The molecule has 2 amide bonds. The Balaban J connectivity index is 2.40. The second-order valence-electron chi connectivity index (χ2n) is 7.84. The zero-order valence-electron chi connectivity index (χ0n) is 14.2. The summed E-state index contributed by atoms with van der Waals surface area (Å²) >= 11 is 0. The molecule has 1 heterocycles. The lowest BCUT2D eigenvalue weighted by Gasteiger charge is -2.35. The van der Waals surface area contributed by atoms with Crippen LogP contribution in [0.15, 0.2) is 0 Å². The molecule has 3 atom stereocenters. The van der Waals surface area contributed by atoms with Gasteiger partial charge in [0.15, 0.2) is 5.41 Å². The van der Waals surface area contributed by atoms with Gasteiger partial charge >= 0.3 is 12.4 Å². The summed E-state index contributed by atoms with van der Waals surface area (Å²) in [4.78, 5) is 25.3. The van der Waals surface area contributed by atoms with Gasteiger partial charge < -0.3 is 10.2 Å². The number of carbonyl (C=O) groups excluding carboxylic acids is 2. The summed E-state index contributed by atoms with van der Waals surface area (Å²) in [7, 11) is 1.12. The van der Waals surface area contributed by atoms with Crippen LogP contribution in [0.2, 0.25) is 0 Å². The fourth-order valence-electron chi connectivity index (χ4n) is 3.96. The van der Waals surface area contributed by atoms with E-state index < -0.39 is 59.4 Å². The molecule has 0 bridgehead atoms. The lowest BCUT2D eigenvalue weighted by atomic mass is 9.90. The van der Waals surface area contributed by atoms with Crippen LogP contribution in [0.5, 0.6) is 0 Å². The summed E-state index contributed by atoms with van der Waals surface area (Å²) in [6.45, 7) is 4.42. The molecule has 0 unspecified atom stereocenters. The van der Waals surface area contributed by atoms with Crippen molar-refractivity contribution in [2.24, 2.45) is 22.7 Å². The molecule has 2 rings (SSSR count). The smallest absolute Gasteiger partial charge is 0.357 e. The third-order valence-electron chi connectivity index (χ3n) is 4.96. The Morgan fingerprint density at radius 2 is 1.56 bits per heavy atom. The van der Waals surface area contributed by atoms with Gasteiger partial charge in [0.25, 0.3) is 0 Å². The molecule has 25 heavy (non-hydrogen) atoms. The summed E-state index contributed by atoms with van der Waals surface area (Å²) in [6.07, 6.45) is -11.1. The van der Waals surface area contributed by atoms with Crippen molar-refractivity contribution in [1.29, 1.82) is 0 Å². The molecule has 0 aromatic carbocycles. The summed E-state index contributed by atoms with van der Waals surface area (Å²) < 4.78 is 79.8. The normalized spacial score (nSPS) is 28.6. The van der Waals surface area contributed by atoms with Gasteiger partial charge in [-0.3, -0.25) is 9.59 Å². The van der Waals surface area contributed by atoms with Crippen LogP contribution < -0.4 is 5.32 Å². The van der Waals surface area contributed by atoms with E-state index in [0.717, 1.165) is 11.9 Å². The molecule has 1 aliphatic heterocycles. The molecule has 0 aromatic heterocycles. The minimum atomic E-state index is -5.54. The van der Waals surface area contributed by atoms with E-state index in [1.54, 1.807) is 20.8 Å². The van der Waals surface area contributed by atoms with Crippen LogP contribution in [0.1, 0.15) is 27.2 Å². The molecule has 2 fully saturated rings. The number of piperidine rings is 1. The number of alkyl halides is 6. The first kappa shape index (κ1) is 19.8. The number of carbonyl (C=O) groups is 2. The molecule has 0 aromatic rings. The molecule has 2 aliphatic rings. The molecular formula is C15H20F6N2O2. The van der Waals surface area contributed by atoms with Crippen molar-refractivity contribution >= 4 is 11.8 Å². The average Bonchev–Trinajstić information content (AvgIpc) is 2.91. The van der Waals surface area contributed by atoms with Crippen LogP contribution in [-0.2, 0) is 9.59 Å². The van der Waals surface area contributed by atoms with Gasteiger partial charge in [-0.05, 0) is 5.41 Å². The summed E-state index contributed by atoms with van der Waals surface area (Å²) in [6, 6.07) is -1.77. The van der Waals surface area contributed by atoms with Crippen LogP contribution >= 0.6 is 0 Å². The minimum absolute atomic E-state index is 0.0784. The predicted octanol–water partition coefficient (Wildman–Crippen LogP) is 2.74. The van der Waals surface area contributed by atoms with E-state index in [0.29, 0.717) is 0 Å². The maximum absolute atomic E-state index is 13.3. The van der Waals surface area contributed by atoms with Gasteiger partial charge in [-0.25, -0.2) is 0 Å². The van der Waals surface area contributed by atoms with E-state index in [4.69, 9.17) is 0 Å². The zero-order valence-corrected chi connectivity index (χ0v) is 14.2. The second-order valence-corrected chi connectivity index (χ2v) is 7.84. The summed E-state index contributed by atoms with van der Waals surface area (Å²) in [5, 5.41) is 2.08. The monoisotopic (exact) mass is 374 g/mol. The number of nitrogens with zero attached hydrogens (tertiary/aromatic N) is 1. The van der Waals surface area contributed by atoms with Gasteiger partial charge in [0.1, 0.15) is 6.04 Å². The number of halogens is 6. The Kier molecular flexibility index (Phi) is 4.37. The number of rotatable bonds is 2. The van der Waals surface area contributed by atoms with E-state index in [1.807, 2.05) is 0 Å². The predicted molar refractivity (Wildman–Crippen MR) is 75.2 cm³/mol. The van der Waals surface area contributed by atoms with E-state index >= 15 is 0 Å². The van der Waals surface area contributed by atoms with Crippen molar-refractivity contribution in [2.45, 2.75) is 45.6 Å². The van der Waals surface area contributed by atoms with Gasteiger partial charge in [-0.2, -0.15) is 26.3 Å². The fourth-order valence-corrected chi connectivity index (χ4v) is 3.96. The standard InChI is InChI=1S/C15H20F6N2O2/c1-12(2,3)5-8(24)23-6-7-9(10(23)11(25)22-4)13(7,14(16,17)18)15(19,20)21/h7,9-10H,5-6H2,1-4H3,(H,22,25)/t7-,9-,10-/m0/s1. The van der Waals surface area contributed by atoms with Gasteiger partial charge in [0, 0.05) is 31.8 Å². The van der Waals surface area contributed by atoms with Crippen molar-refractivity contribution in [1.82, 2.24) is 10.2 Å². The maximum atomic E-state index is 13.3. The van der Waals surface area contributed by atoms with E-state index in [2.05, 4.69) is 5.32 Å². The molecule has 1 aliphatic carbocycles. The molecule has 1 N–H and O–H groups in total. The Morgan fingerprint density at radius 1 is 1.08 bits per heavy atom. The number of nitrogens with one attached hydrogen (secondary N) is 1. The highest BCUT2D eigenvalue weighted by atomic mass is 19.4. The largest absolute Gasteiger partial charge is 0.403 e. The van der Waals surface area contributed by atoms with Crippen molar-refractivity contribution in [3.05, 3.63) is 0 Å². The molecule has 144 valence electrons. The molecule has 0 radical (unpaired) electrons. The van der Waals surface area contributed by atoms with E-state index in [9.17, 15) is 35.9 Å². The first-order valence-corrected chi connectivity index (χ1v) is 7.74. The van der Waals surface area contributed by atoms with Crippen molar-refractivity contribution in [3.63, 3.8) is 0 Å². The number of likely N-dealkylation sites (tertiary alicyclic amines) is 1. The SMILES string of the molecule is CNC(=O)[C@@H]1[C@@H]2[C@H](CN1C(=O)CC(C)(C)C)C2(C(F)(F)F)C(F)(F)F. The number of amides is 2. The Morgan fingerprint density at radius 3 is 1.92 bits per heavy atom.